The van der Waals surface area contributed by atoms with E-state index in [1.807, 2.05) is 52.8 Å². The lowest BCUT2D eigenvalue weighted by molar-refractivity contribution is -0.120. The number of fused-ring (bicyclic) bond motifs is 1. The average Bonchev–Trinajstić information content (AvgIpc) is 2.82. The Kier molecular flexibility index (Phi) is 7.50. The highest BCUT2D eigenvalue weighted by atomic mass is 32.2. The Morgan fingerprint density at radius 1 is 1.05 bits per heavy atom. The van der Waals surface area contributed by atoms with Crippen LogP contribution >= 0.6 is 0 Å². The molecular formula is C29H34N2O5S. The van der Waals surface area contributed by atoms with E-state index in [1.165, 1.54) is 0 Å². The smallest absolute Gasteiger partial charge is 0.264 e. The number of carbonyl (C=O) groups excluding carboxylic acids is 1. The third-order valence-corrected chi connectivity index (χ3v) is 8.07. The first-order chi connectivity index (χ1) is 17.5. The first-order valence-electron chi connectivity index (χ1n) is 12.4. The fourth-order valence-corrected chi connectivity index (χ4v) is 5.97. The van der Waals surface area contributed by atoms with Crippen LogP contribution in [0.2, 0.25) is 0 Å². The van der Waals surface area contributed by atoms with Crippen molar-refractivity contribution < 1.29 is 22.7 Å². The molecule has 0 bridgehead atoms. The van der Waals surface area contributed by atoms with Gasteiger partial charge in [0.05, 0.1) is 23.2 Å². The first kappa shape index (κ1) is 26.5. The summed E-state index contributed by atoms with van der Waals surface area (Å²) in [6.45, 7) is 9.61. The number of benzene rings is 3. The van der Waals surface area contributed by atoms with Crippen molar-refractivity contribution in [1.29, 1.82) is 0 Å². The van der Waals surface area contributed by atoms with Crippen LogP contribution in [-0.2, 0) is 14.8 Å². The predicted octanol–water partition coefficient (Wildman–Crippen LogP) is 5.32. The number of para-hydroxylation sites is 2. The molecule has 1 amide bonds. The quantitative estimate of drug-likeness (QED) is 0.433. The van der Waals surface area contributed by atoms with E-state index >= 15 is 0 Å². The van der Waals surface area contributed by atoms with Crippen molar-refractivity contribution in [2.24, 2.45) is 0 Å². The summed E-state index contributed by atoms with van der Waals surface area (Å²) in [5, 5.41) is 3.07. The van der Waals surface area contributed by atoms with Gasteiger partial charge in [-0.2, -0.15) is 0 Å². The molecule has 1 aliphatic heterocycles. The number of anilines is 1. The van der Waals surface area contributed by atoms with Crippen molar-refractivity contribution in [2.45, 2.75) is 57.6 Å². The zero-order valence-electron chi connectivity index (χ0n) is 21.9. The fourth-order valence-electron chi connectivity index (χ4n) is 4.54. The van der Waals surface area contributed by atoms with Crippen molar-refractivity contribution in [3.05, 3.63) is 83.4 Å². The van der Waals surface area contributed by atoms with Gasteiger partial charge in [-0.25, -0.2) is 8.42 Å². The van der Waals surface area contributed by atoms with Gasteiger partial charge in [0.2, 0.25) is 5.91 Å². The maximum absolute atomic E-state index is 13.8. The Labute approximate surface area is 219 Å². The highest BCUT2D eigenvalue weighted by Gasteiger charge is 2.36. The fraction of sp³-hybridized carbons (Fsp3) is 0.345. The topological polar surface area (TPSA) is 84.9 Å². The van der Waals surface area contributed by atoms with Gasteiger partial charge >= 0.3 is 0 Å². The number of nitrogens with one attached hydrogen (secondary N) is 1. The number of amides is 1. The van der Waals surface area contributed by atoms with Crippen LogP contribution in [0.1, 0.15) is 49.9 Å². The molecule has 1 heterocycles. The molecule has 3 aromatic rings. The Bertz CT molecular complexity index is 1380. The van der Waals surface area contributed by atoms with Gasteiger partial charge in [-0.1, -0.05) is 42.0 Å². The SMILES string of the molecule is CCOc1ccccc1N(CC(=O)NC1CC(C)(C)Oc2cc(C)ccc21)S(=O)(=O)c1ccc(C)cc1. The van der Waals surface area contributed by atoms with Gasteiger partial charge in [-0.3, -0.25) is 9.10 Å². The largest absolute Gasteiger partial charge is 0.492 e. The van der Waals surface area contributed by atoms with Gasteiger partial charge in [0.25, 0.3) is 10.0 Å². The second kappa shape index (κ2) is 10.5. The Balaban J connectivity index is 1.69. The number of hydrogen-bond donors (Lipinski definition) is 1. The summed E-state index contributed by atoms with van der Waals surface area (Å²) in [7, 11) is -4.07. The van der Waals surface area contributed by atoms with Gasteiger partial charge in [0.1, 0.15) is 23.6 Å². The summed E-state index contributed by atoms with van der Waals surface area (Å²) >= 11 is 0. The van der Waals surface area contributed by atoms with Crippen LogP contribution < -0.4 is 19.1 Å². The second-order valence-corrected chi connectivity index (χ2v) is 11.8. The molecule has 8 heteroatoms. The molecule has 196 valence electrons. The average molecular weight is 523 g/mol. The van der Waals surface area contributed by atoms with Crippen molar-refractivity contribution in [3.8, 4) is 11.5 Å². The molecule has 4 rings (SSSR count). The standard InChI is InChI=1S/C29H34N2O5S/c1-6-35-26-10-8-7-9-25(26)31(37(33,34)22-14-11-20(2)12-15-22)19-28(32)30-24-18-29(4,5)36-27-17-21(3)13-16-23(24)27/h7-17,24H,6,18-19H2,1-5H3,(H,30,32). The van der Waals surface area contributed by atoms with E-state index < -0.39 is 28.1 Å². The van der Waals surface area contributed by atoms with Crippen LogP contribution in [0.4, 0.5) is 5.69 Å². The third-order valence-electron chi connectivity index (χ3n) is 6.29. The molecule has 3 aromatic carbocycles. The Morgan fingerprint density at radius 2 is 1.73 bits per heavy atom. The number of rotatable bonds is 8. The number of nitrogens with zero attached hydrogens (tertiary/aromatic N) is 1. The number of sulfonamides is 1. The van der Waals surface area contributed by atoms with Crippen LogP contribution in [0.15, 0.2) is 71.6 Å². The molecule has 37 heavy (non-hydrogen) atoms. The molecule has 7 nitrogen and oxygen atoms in total. The maximum atomic E-state index is 13.8. The summed E-state index contributed by atoms with van der Waals surface area (Å²) in [5.41, 5.74) is 2.69. The van der Waals surface area contributed by atoms with Crippen LogP contribution in [0.5, 0.6) is 11.5 Å². The van der Waals surface area contributed by atoms with E-state index in [0.717, 1.165) is 26.7 Å². The van der Waals surface area contributed by atoms with Crippen LogP contribution in [0.3, 0.4) is 0 Å². The lowest BCUT2D eigenvalue weighted by atomic mass is 9.89. The summed E-state index contributed by atoms with van der Waals surface area (Å²) in [6, 6.07) is 19.0. The minimum atomic E-state index is -4.07. The summed E-state index contributed by atoms with van der Waals surface area (Å²) in [5.74, 6) is 0.699. The molecule has 0 aliphatic carbocycles. The Hall–Kier alpha value is -3.52. The lowest BCUT2D eigenvalue weighted by Gasteiger charge is -2.38. The summed E-state index contributed by atoms with van der Waals surface area (Å²) in [6.07, 6.45) is 0.551. The van der Waals surface area contributed by atoms with E-state index in [4.69, 9.17) is 9.47 Å². The molecule has 1 unspecified atom stereocenters. The second-order valence-electron chi connectivity index (χ2n) is 9.95. The number of aryl methyl sites for hydroxylation is 2. The molecule has 0 spiro atoms. The molecule has 0 radical (unpaired) electrons. The van der Waals surface area contributed by atoms with Gasteiger partial charge in [-0.05, 0) is 70.5 Å². The molecule has 0 aromatic heterocycles. The van der Waals surface area contributed by atoms with E-state index in [0.29, 0.717) is 24.5 Å². The molecule has 0 saturated heterocycles. The van der Waals surface area contributed by atoms with Crippen molar-refractivity contribution >= 4 is 21.6 Å². The van der Waals surface area contributed by atoms with E-state index in [2.05, 4.69) is 5.32 Å². The zero-order chi connectivity index (χ0) is 26.8. The minimum absolute atomic E-state index is 0.102. The van der Waals surface area contributed by atoms with E-state index in [9.17, 15) is 13.2 Å². The zero-order valence-corrected chi connectivity index (χ0v) is 22.8. The minimum Gasteiger partial charge on any atom is -0.492 e. The third kappa shape index (κ3) is 5.91. The normalized spacial score (nSPS) is 16.3. The molecule has 1 N–H and O–H groups in total. The van der Waals surface area contributed by atoms with E-state index in [1.54, 1.807) is 48.5 Å². The molecular weight excluding hydrogens is 488 g/mol. The van der Waals surface area contributed by atoms with Crippen LogP contribution in [-0.4, -0.2) is 33.1 Å². The van der Waals surface area contributed by atoms with Crippen molar-refractivity contribution in [1.82, 2.24) is 5.32 Å². The van der Waals surface area contributed by atoms with Crippen molar-refractivity contribution in [2.75, 3.05) is 17.5 Å². The van der Waals surface area contributed by atoms with Crippen LogP contribution in [0.25, 0.3) is 0 Å². The van der Waals surface area contributed by atoms with Crippen molar-refractivity contribution in [3.63, 3.8) is 0 Å². The number of ether oxygens (including phenoxy) is 2. The van der Waals surface area contributed by atoms with Crippen LogP contribution in [0, 0.1) is 13.8 Å². The summed E-state index contributed by atoms with van der Waals surface area (Å²) in [4.78, 5) is 13.6. The number of hydrogen-bond acceptors (Lipinski definition) is 5. The van der Waals surface area contributed by atoms with Gasteiger partial charge in [0, 0.05) is 12.0 Å². The van der Waals surface area contributed by atoms with E-state index in [-0.39, 0.29) is 10.9 Å². The van der Waals surface area contributed by atoms with Gasteiger partial charge < -0.3 is 14.8 Å². The Morgan fingerprint density at radius 3 is 2.43 bits per heavy atom. The highest BCUT2D eigenvalue weighted by molar-refractivity contribution is 7.92. The lowest BCUT2D eigenvalue weighted by Crippen LogP contribution is -2.45. The monoisotopic (exact) mass is 522 g/mol. The highest BCUT2D eigenvalue weighted by Crippen LogP contribution is 2.40. The number of carbonyl (C=O) groups is 1. The predicted molar refractivity (Wildman–Crippen MR) is 145 cm³/mol. The van der Waals surface area contributed by atoms with Gasteiger partial charge in [0.15, 0.2) is 0 Å². The molecule has 0 fully saturated rings. The molecule has 1 atom stereocenters. The summed E-state index contributed by atoms with van der Waals surface area (Å²) < 4.78 is 40.7. The first-order valence-corrected chi connectivity index (χ1v) is 13.8. The molecule has 0 saturated carbocycles. The van der Waals surface area contributed by atoms with Gasteiger partial charge in [-0.15, -0.1) is 0 Å². The maximum Gasteiger partial charge on any atom is 0.264 e. The molecule has 1 aliphatic rings.